The van der Waals surface area contributed by atoms with Gasteiger partial charge in [0.2, 0.25) is 0 Å². The van der Waals surface area contributed by atoms with E-state index in [9.17, 15) is 9.59 Å². The minimum Gasteiger partial charge on any atom is -0.477 e. The first kappa shape index (κ1) is 17.0. The largest absolute Gasteiger partial charge is 0.477 e. The molecule has 0 bridgehead atoms. The lowest BCUT2D eigenvalue weighted by atomic mass is 10.1. The van der Waals surface area contributed by atoms with Crippen molar-refractivity contribution in [3.05, 3.63) is 10.6 Å². The van der Waals surface area contributed by atoms with Crippen LogP contribution in [-0.2, 0) is 9.53 Å². The van der Waals surface area contributed by atoms with E-state index in [-0.39, 0.29) is 10.8 Å². The van der Waals surface area contributed by atoms with E-state index in [1.54, 1.807) is 20.8 Å². The fourth-order valence-corrected chi connectivity index (χ4v) is 3.70. The Hall–Kier alpha value is -1.08. The number of thiazole rings is 1. The van der Waals surface area contributed by atoms with Crippen LogP contribution in [0.25, 0.3) is 0 Å². The van der Waals surface area contributed by atoms with E-state index in [0.29, 0.717) is 10.0 Å². The molecule has 1 aromatic heterocycles. The standard InChI is InChI=1S/C13H19NO4S2/c1-7-8(9(15)16)19-11(14-7)20-13(5,6)10(17)18-12(2,3)4/h1-6H3,(H,15,16). The number of nitrogens with zero attached hydrogens (tertiary/aromatic N) is 1. The highest BCUT2D eigenvalue weighted by Gasteiger charge is 2.35. The molecule has 5 nitrogen and oxygen atoms in total. The molecule has 0 saturated heterocycles. The summed E-state index contributed by atoms with van der Waals surface area (Å²) in [6, 6.07) is 0. The van der Waals surface area contributed by atoms with Gasteiger partial charge in [0.25, 0.3) is 0 Å². The van der Waals surface area contributed by atoms with E-state index in [0.717, 1.165) is 11.3 Å². The third-order valence-electron chi connectivity index (χ3n) is 2.20. The molecule has 0 atom stereocenters. The van der Waals surface area contributed by atoms with Crippen LogP contribution in [0, 0.1) is 6.92 Å². The van der Waals surface area contributed by atoms with Gasteiger partial charge in [0.05, 0.1) is 5.69 Å². The SMILES string of the molecule is Cc1nc(SC(C)(C)C(=O)OC(C)(C)C)sc1C(=O)O. The van der Waals surface area contributed by atoms with Crippen molar-refractivity contribution in [1.29, 1.82) is 0 Å². The highest BCUT2D eigenvalue weighted by atomic mass is 32.2. The number of thioether (sulfide) groups is 1. The molecule has 0 aliphatic rings. The highest BCUT2D eigenvalue weighted by molar-refractivity contribution is 8.03. The summed E-state index contributed by atoms with van der Waals surface area (Å²) < 4.78 is 5.09. The Labute approximate surface area is 126 Å². The number of hydrogen-bond donors (Lipinski definition) is 1. The van der Waals surface area contributed by atoms with Gasteiger partial charge in [-0.05, 0) is 41.5 Å². The molecular weight excluding hydrogens is 298 g/mol. The molecule has 0 radical (unpaired) electrons. The van der Waals surface area contributed by atoms with E-state index < -0.39 is 16.3 Å². The molecule has 0 spiro atoms. The molecule has 1 rings (SSSR count). The molecule has 0 unspecified atom stereocenters. The second kappa shape index (κ2) is 5.73. The van der Waals surface area contributed by atoms with Crippen LogP contribution >= 0.6 is 23.1 Å². The molecular formula is C13H19NO4S2. The van der Waals surface area contributed by atoms with Crippen LogP contribution in [-0.4, -0.2) is 32.4 Å². The summed E-state index contributed by atoms with van der Waals surface area (Å²) in [7, 11) is 0. The molecule has 1 aromatic rings. The number of ether oxygens (including phenoxy) is 1. The van der Waals surface area contributed by atoms with Gasteiger partial charge in [-0.2, -0.15) is 0 Å². The zero-order chi connectivity index (χ0) is 15.7. The number of carbonyl (C=O) groups excluding carboxylic acids is 1. The number of aromatic carboxylic acids is 1. The van der Waals surface area contributed by atoms with Gasteiger partial charge in [-0.3, -0.25) is 4.79 Å². The number of aromatic nitrogens is 1. The lowest BCUT2D eigenvalue weighted by Crippen LogP contribution is -2.36. The van der Waals surface area contributed by atoms with Crippen LogP contribution in [0.2, 0.25) is 0 Å². The van der Waals surface area contributed by atoms with Crippen LogP contribution in [0.15, 0.2) is 4.34 Å². The average Bonchev–Trinajstić information content (AvgIpc) is 2.55. The van der Waals surface area contributed by atoms with Crippen LogP contribution in [0.5, 0.6) is 0 Å². The predicted octanol–water partition coefficient (Wildman–Crippen LogP) is 3.36. The van der Waals surface area contributed by atoms with Crippen molar-refractivity contribution in [2.24, 2.45) is 0 Å². The van der Waals surface area contributed by atoms with E-state index in [1.165, 1.54) is 11.8 Å². The van der Waals surface area contributed by atoms with Gasteiger partial charge in [0.15, 0.2) is 4.34 Å². The van der Waals surface area contributed by atoms with E-state index in [1.807, 2.05) is 20.8 Å². The fourth-order valence-electron chi connectivity index (χ4n) is 1.27. The van der Waals surface area contributed by atoms with Crippen LogP contribution in [0.1, 0.15) is 50.0 Å². The van der Waals surface area contributed by atoms with Crippen molar-refractivity contribution in [3.63, 3.8) is 0 Å². The topological polar surface area (TPSA) is 76.5 Å². The normalized spacial score (nSPS) is 12.3. The Bertz CT molecular complexity index is 529. The summed E-state index contributed by atoms with van der Waals surface area (Å²) in [5, 5.41) is 9.01. The molecule has 112 valence electrons. The molecule has 0 aliphatic heterocycles. The lowest BCUT2D eigenvalue weighted by Gasteiger charge is -2.27. The first-order chi connectivity index (χ1) is 8.92. The van der Waals surface area contributed by atoms with Gasteiger partial charge in [0.1, 0.15) is 15.2 Å². The van der Waals surface area contributed by atoms with Crippen molar-refractivity contribution in [2.45, 2.75) is 56.2 Å². The maximum absolute atomic E-state index is 12.1. The van der Waals surface area contributed by atoms with Crippen molar-refractivity contribution < 1.29 is 19.4 Å². The van der Waals surface area contributed by atoms with Crippen molar-refractivity contribution in [3.8, 4) is 0 Å². The number of carboxylic acid groups (broad SMARTS) is 1. The summed E-state index contributed by atoms with van der Waals surface area (Å²) in [4.78, 5) is 27.5. The number of hydrogen-bond acceptors (Lipinski definition) is 6. The molecule has 20 heavy (non-hydrogen) atoms. The minimum atomic E-state index is -0.998. The molecule has 7 heteroatoms. The average molecular weight is 317 g/mol. The molecule has 0 fully saturated rings. The van der Waals surface area contributed by atoms with E-state index >= 15 is 0 Å². The zero-order valence-corrected chi connectivity index (χ0v) is 14.1. The second-order valence-corrected chi connectivity index (χ2v) is 8.68. The van der Waals surface area contributed by atoms with Crippen LogP contribution < -0.4 is 0 Å². The van der Waals surface area contributed by atoms with E-state index in [2.05, 4.69) is 4.98 Å². The number of carboxylic acids is 1. The van der Waals surface area contributed by atoms with Gasteiger partial charge in [-0.25, -0.2) is 9.78 Å². The summed E-state index contributed by atoms with van der Waals surface area (Å²) >= 11 is 2.29. The number of aryl methyl sites for hydroxylation is 1. The summed E-state index contributed by atoms with van der Waals surface area (Å²) in [6.07, 6.45) is 0. The molecule has 1 heterocycles. The maximum Gasteiger partial charge on any atom is 0.347 e. The second-order valence-electron chi connectivity index (χ2n) is 5.81. The summed E-state index contributed by atoms with van der Waals surface area (Å²) in [6.45, 7) is 10.5. The van der Waals surface area contributed by atoms with Crippen LogP contribution in [0.4, 0.5) is 0 Å². The minimum absolute atomic E-state index is 0.201. The monoisotopic (exact) mass is 317 g/mol. The third kappa shape index (κ3) is 4.49. The van der Waals surface area contributed by atoms with Gasteiger partial charge < -0.3 is 9.84 Å². The fraction of sp³-hybridized carbons (Fsp3) is 0.615. The number of rotatable bonds is 4. The van der Waals surface area contributed by atoms with E-state index in [4.69, 9.17) is 9.84 Å². The van der Waals surface area contributed by atoms with Crippen molar-refractivity contribution >= 4 is 35.0 Å². The highest BCUT2D eigenvalue weighted by Crippen LogP contribution is 2.37. The first-order valence-corrected chi connectivity index (χ1v) is 7.69. The summed E-state index contributed by atoms with van der Waals surface area (Å²) in [5.74, 6) is -1.35. The first-order valence-electron chi connectivity index (χ1n) is 6.05. The zero-order valence-electron chi connectivity index (χ0n) is 12.4. The Morgan fingerprint density at radius 2 is 1.80 bits per heavy atom. The Balaban J connectivity index is 2.88. The number of carbonyl (C=O) groups is 2. The Morgan fingerprint density at radius 1 is 1.25 bits per heavy atom. The van der Waals surface area contributed by atoms with Gasteiger partial charge in [-0.1, -0.05) is 11.8 Å². The number of esters is 1. The van der Waals surface area contributed by atoms with Gasteiger partial charge in [0, 0.05) is 0 Å². The van der Waals surface area contributed by atoms with Crippen molar-refractivity contribution in [2.75, 3.05) is 0 Å². The van der Waals surface area contributed by atoms with Gasteiger partial charge in [-0.15, -0.1) is 11.3 Å². The molecule has 0 saturated carbocycles. The smallest absolute Gasteiger partial charge is 0.347 e. The molecule has 0 aromatic carbocycles. The maximum atomic E-state index is 12.1. The third-order valence-corrected chi connectivity index (χ3v) is 4.59. The quantitative estimate of drug-likeness (QED) is 0.678. The molecule has 0 amide bonds. The molecule has 0 aliphatic carbocycles. The predicted molar refractivity (Wildman–Crippen MR) is 79.6 cm³/mol. The summed E-state index contributed by atoms with van der Waals surface area (Å²) in [5.41, 5.74) is -0.0927. The Morgan fingerprint density at radius 3 is 2.20 bits per heavy atom. The van der Waals surface area contributed by atoms with Crippen molar-refractivity contribution in [1.82, 2.24) is 4.98 Å². The van der Waals surface area contributed by atoms with Gasteiger partial charge >= 0.3 is 11.9 Å². The van der Waals surface area contributed by atoms with Crippen LogP contribution in [0.3, 0.4) is 0 Å². The lowest BCUT2D eigenvalue weighted by molar-refractivity contribution is -0.156. The molecule has 1 N–H and O–H groups in total. The Kier molecular flexibility index (Phi) is 4.86.